The van der Waals surface area contributed by atoms with Crippen LogP contribution in [0.5, 0.6) is 5.75 Å². The van der Waals surface area contributed by atoms with Gasteiger partial charge < -0.3 is 10.1 Å². The van der Waals surface area contributed by atoms with E-state index in [1.807, 2.05) is 0 Å². The third-order valence-corrected chi connectivity index (χ3v) is 4.19. The van der Waals surface area contributed by atoms with Crippen molar-refractivity contribution in [3.05, 3.63) is 59.4 Å². The van der Waals surface area contributed by atoms with E-state index in [1.54, 1.807) is 12.1 Å². The first-order valence-corrected chi connectivity index (χ1v) is 8.84. The fourth-order valence-electron chi connectivity index (χ4n) is 2.63. The van der Waals surface area contributed by atoms with Crippen LogP contribution in [0.15, 0.2) is 42.5 Å². The number of hydrogen-bond acceptors (Lipinski definition) is 2. The third-order valence-electron chi connectivity index (χ3n) is 4.19. The van der Waals surface area contributed by atoms with Crippen molar-refractivity contribution in [2.75, 3.05) is 18.5 Å². The average molecular weight is 343 g/mol. The Morgan fingerprint density at radius 2 is 1.52 bits per heavy atom. The number of benzene rings is 2. The lowest BCUT2D eigenvalue weighted by Gasteiger charge is -2.27. The summed E-state index contributed by atoms with van der Waals surface area (Å²) in [6, 6.07) is 12.9. The summed E-state index contributed by atoms with van der Waals surface area (Å²) in [7, 11) is 0. The van der Waals surface area contributed by atoms with Crippen molar-refractivity contribution < 1.29 is 9.13 Å². The van der Waals surface area contributed by atoms with Gasteiger partial charge in [0.25, 0.3) is 0 Å². The molecule has 2 aromatic rings. The zero-order chi connectivity index (χ0) is 18.7. The van der Waals surface area contributed by atoms with Crippen LogP contribution < -0.4 is 10.1 Å². The predicted molar refractivity (Wildman–Crippen MR) is 104 cm³/mol. The molecule has 136 valence electrons. The van der Waals surface area contributed by atoms with E-state index < -0.39 is 0 Å². The number of hydrogen-bond donors (Lipinski definition) is 1. The lowest BCUT2D eigenvalue weighted by Crippen LogP contribution is -2.19. The van der Waals surface area contributed by atoms with Crippen molar-refractivity contribution in [3.63, 3.8) is 0 Å². The number of halogens is 1. The average Bonchev–Trinajstić information content (AvgIpc) is 2.51. The SMILES string of the molecule is CC(C)(C)c1ccc(OCCNc2ccc(F)cc2)c(C(C)(C)C)c1. The minimum absolute atomic E-state index is 0.0149. The second-order valence-corrected chi connectivity index (χ2v) is 8.49. The highest BCUT2D eigenvalue weighted by Gasteiger charge is 2.22. The van der Waals surface area contributed by atoms with Gasteiger partial charge in [0.05, 0.1) is 0 Å². The first-order valence-electron chi connectivity index (χ1n) is 8.84. The van der Waals surface area contributed by atoms with Gasteiger partial charge in [0, 0.05) is 12.2 Å². The van der Waals surface area contributed by atoms with Crippen molar-refractivity contribution >= 4 is 5.69 Å². The smallest absolute Gasteiger partial charge is 0.123 e. The summed E-state index contributed by atoms with van der Waals surface area (Å²) >= 11 is 0. The van der Waals surface area contributed by atoms with Gasteiger partial charge in [-0.2, -0.15) is 0 Å². The molecule has 2 rings (SSSR count). The third kappa shape index (κ3) is 5.48. The summed E-state index contributed by atoms with van der Waals surface area (Å²) < 4.78 is 19.0. The lowest BCUT2D eigenvalue weighted by molar-refractivity contribution is 0.322. The molecule has 0 heterocycles. The van der Waals surface area contributed by atoms with E-state index in [-0.39, 0.29) is 16.6 Å². The molecule has 25 heavy (non-hydrogen) atoms. The Hall–Kier alpha value is -2.03. The normalized spacial score (nSPS) is 12.1. The van der Waals surface area contributed by atoms with E-state index in [0.717, 1.165) is 11.4 Å². The van der Waals surface area contributed by atoms with Crippen molar-refractivity contribution in [1.82, 2.24) is 0 Å². The van der Waals surface area contributed by atoms with E-state index in [0.29, 0.717) is 13.2 Å². The van der Waals surface area contributed by atoms with Gasteiger partial charge in [-0.05, 0) is 52.3 Å². The molecule has 0 fully saturated rings. The van der Waals surface area contributed by atoms with Crippen LogP contribution in [-0.2, 0) is 10.8 Å². The minimum atomic E-state index is -0.226. The number of nitrogens with one attached hydrogen (secondary N) is 1. The standard InChI is InChI=1S/C22H30FNO/c1-21(2,3)16-7-12-20(19(15-16)22(4,5)6)25-14-13-24-18-10-8-17(23)9-11-18/h7-12,15,24H,13-14H2,1-6H3. The zero-order valence-corrected chi connectivity index (χ0v) is 16.2. The van der Waals surface area contributed by atoms with Gasteiger partial charge in [-0.3, -0.25) is 0 Å². The van der Waals surface area contributed by atoms with Crippen LogP contribution in [-0.4, -0.2) is 13.2 Å². The maximum Gasteiger partial charge on any atom is 0.123 e. The summed E-state index contributed by atoms with van der Waals surface area (Å²) in [5.74, 6) is 0.706. The summed E-state index contributed by atoms with van der Waals surface area (Å²) in [6.07, 6.45) is 0. The summed E-state index contributed by atoms with van der Waals surface area (Å²) in [6.45, 7) is 14.5. The monoisotopic (exact) mass is 343 g/mol. The fourth-order valence-corrected chi connectivity index (χ4v) is 2.63. The van der Waals surface area contributed by atoms with Gasteiger partial charge in [0.2, 0.25) is 0 Å². The van der Waals surface area contributed by atoms with Gasteiger partial charge in [-0.25, -0.2) is 4.39 Å². The Kier molecular flexibility index (Phi) is 5.76. The van der Waals surface area contributed by atoms with Crippen LogP contribution in [0.1, 0.15) is 52.7 Å². The van der Waals surface area contributed by atoms with E-state index in [2.05, 4.69) is 65.1 Å². The molecule has 0 aliphatic carbocycles. The Balaban J connectivity index is 2.04. The maximum absolute atomic E-state index is 12.9. The van der Waals surface area contributed by atoms with Crippen LogP contribution in [0.3, 0.4) is 0 Å². The van der Waals surface area contributed by atoms with Gasteiger partial charge in [0.1, 0.15) is 18.2 Å². The van der Waals surface area contributed by atoms with Crippen LogP contribution in [0.4, 0.5) is 10.1 Å². The van der Waals surface area contributed by atoms with E-state index in [9.17, 15) is 4.39 Å². The van der Waals surface area contributed by atoms with Crippen molar-refractivity contribution in [2.24, 2.45) is 0 Å². The summed E-state index contributed by atoms with van der Waals surface area (Å²) in [4.78, 5) is 0. The number of rotatable bonds is 5. The molecule has 0 aliphatic rings. The molecule has 3 heteroatoms. The van der Waals surface area contributed by atoms with Crippen LogP contribution in [0.25, 0.3) is 0 Å². The topological polar surface area (TPSA) is 21.3 Å². The Morgan fingerprint density at radius 1 is 0.880 bits per heavy atom. The number of ether oxygens (including phenoxy) is 1. The molecule has 0 aromatic heterocycles. The Bertz CT molecular complexity index is 693. The molecule has 0 amide bonds. The van der Waals surface area contributed by atoms with Crippen LogP contribution >= 0.6 is 0 Å². The molecular weight excluding hydrogens is 313 g/mol. The molecule has 2 nitrogen and oxygen atoms in total. The van der Waals surface area contributed by atoms with Crippen molar-refractivity contribution in [2.45, 2.75) is 52.4 Å². The number of anilines is 1. The minimum Gasteiger partial charge on any atom is -0.491 e. The molecular formula is C22H30FNO. The maximum atomic E-state index is 12.9. The highest BCUT2D eigenvalue weighted by atomic mass is 19.1. The van der Waals surface area contributed by atoms with Crippen molar-refractivity contribution in [1.29, 1.82) is 0 Å². The molecule has 2 aromatic carbocycles. The molecule has 0 atom stereocenters. The molecule has 0 saturated carbocycles. The summed E-state index contributed by atoms with van der Waals surface area (Å²) in [5.41, 5.74) is 3.56. The Labute approximate surface area is 151 Å². The largest absolute Gasteiger partial charge is 0.491 e. The predicted octanol–water partition coefficient (Wildman–Crippen LogP) is 5.91. The second-order valence-electron chi connectivity index (χ2n) is 8.49. The Morgan fingerprint density at radius 3 is 2.08 bits per heavy atom. The van der Waals surface area contributed by atoms with Crippen LogP contribution in [0.2, 0.25) is 0 Å². The molecule has 0 spiro atoms. The van der Waals surface area contributed by atoms with E-state index in [4.69, 9.17) is 4.74 Å². The zero-order valence-electron chi connectivity index (χ0n) is 16.2. The second kappa shape index (κ2) is 7.47. The molecule has 0 bridgehead atoms. The van der Waals surface area contributed by atoms with Crippen LogP contribution in [0, 0.1) is 5.82 Å². The molecule has 1 N–H and O–H groups in total. The highest BCUT2D eigenvalue weighted by molar-refractivity contribution is 5.44. The van der Waals surface area contributed by atoms with E-state index in [1.165, 1.54) is 23.3 Å². The first kappa shape index (κ1) is 19.3. The first-order chi connectivity index (χ1) is 11.6. The van der Waals surface area contributed by atoms with Gasteiger partial charge in [0.15, 0.2) is 0 Å². The van der Waals surface area contributed by atoms with Gasteiger partial charge in [-0.15, -0.1) is 0 Å². The van der Waals surface area contributed by atoms with Gasteiger partial charge >= 0.3 is 0 Å². The van der Waals surface area contributed by atoms with Crippen molar-refractivity contribution in [3.8, 4) is 5.75 Å². The molecule has 0 saturated heterocycles. The molecule has 0 aliphatic heterocycles. The fraction of sp³-hybridized carbons (Fsp3) is 0.455. The molecule has 0 radical (unpaired) electrons. The summed E-state index contributed by atoms with van der Waals surface area (Å²) in [5, 5.41) is 3.24. The van der Waals surface area contributed by atoms with Gasteiger partial charge in [-0.1, -0.05) is 53.7 Å². The lowest BCUT2D eigenvalue weighted by atomic mass is 9.80. The van der Waals surface area contributed by atoms with E-state index >= 15 is 0 Å². The molecule has 0 unspecified atom stereocenters. The quantitative estimate of drug-likeness (QED) is 0.681. The highest BCUT2D eigenvalue weighted by Crippen LogP contribution is 2.35.